The second-order valence-corrected chi connectivity index (χ2v) is 5.40. The van der Waals surface area contributed by atoms with Crippen LogP contribution in [0.2, 0.25) is 0 Å². The molecule has 26 heavy (non-hydrogen) atoms. The molecule has 9 heteroatoms. The normalized spacial score (nSPS) is 15.2. The first-order valence-corrected chi connectivity index (χ1v) is 7.78. The van der Waals surface area contributed by atoms with Crippen LogP contribution < -0.4 is 10.4 Å². The van der Waals surface area contributed by atoms with Gasteiger partial charge in [-0.3, -0.25) is 25.3 Å². The number of rotatable bonds is 5. The Morgan fingerprint density at radius 2 is 2.08 bits per heavy atom. The molecule has 1 saturated heterocycles. The fourth-order valence-corrected chi connectivity index (χ4v) is 2.42. The van der Waals surface area contributed by atoms with Crippen LogP contribution in [0.5, 0.6) is 0 Å². The van der Waals surface area contributed by atoms with E-state index >= 15 is 0 Å². The van der Waals surface area contributed by atoms with E-state index in [0.717, 1.165) is 0 Å². The molecule has 1 aliphatic heterocycles. The van der Waals surface area contributed by atoms with Gasteiger partial charge in [-0.15, -0.1) is 0 Å². The van der Waals surface area contributed by atoms with Gasteiger partial charge in [0.1, 0.15) is 10.7 Å². The van der Waals surface area contributed by atoms with Crippen molar-refractivity contribution in [2.24, 2.45) is 0 Å². The van der Waals surface area contributed by atoms with Crippen LogP contribution in [-0.2, 0) is 9.53 Å². The van der Waals surface area contributed by atoms with Crippen LogP contribution in [0, 0.1) is 10.1 Å². The molecule has 1 aromatic heterocycles. The first-order chi connectivity index (χ1) is 12.5. The summed E-state index contributed by atoms with van der Waals surface area (Å²) in [5.74, 6) is -0.911. The van der Waals surface area contributed by atoms with E-state index in [9.17, 15) is 19.7 Å². The number of furan rings is 1. The van der Waals surface area contributed by atoms with E-state index in [2.05, 4.69) is 5.43 Å². The Bertz CT molecular complexity index is 884. The molecule has 3 rings (SSSR count). The number of carbonyl (C=O) groups is 2. The smallest absolute Gasteiger partial charge is 0.433 e. The number of anilines is 1. The topological polar surface area (TPSA) is 115 Å². The summed E-state index contributed by atoms with van der Waals surface area (Å²) in [5, 5.41) is 12.2. The van der Waals surface area contributed by atoms with Crippen LogP contribution >= 0.6 is 0 Å². The summed E-state index contributed by atoms with van der Waals surface area (Å²) in [6, 6.07) is 9.24. The number of amides is 1. The number of ether oxygens (including phenoxy) is 1. The number of hydrogen-bond acceptors (Lipinski definition) is 7. The van der Waals surface area contributed by atoms with Crippen LogP contribution in [0.3, 0.4) is 0 Å². The predicted octanol–water partition coefficient (Wildman–Crippen LogP) is 2.30. The molecule has 134 valence electrons. The van der Waals surface area contributed by atoms with E-state index in [-0.39, 0.29) is 24.1 Å². The number of hydrazine groups is 1. The average molecular weight is 357 g/mol. The summed E-state index contributed by atoms with van der Waals surface area (Å²) in [7, 11) is 0. The predicted molar refractivity (Wildman–Crippen MR) is 91.2 cm³/mol. The average Bonchev–Trinajstić information content (AvgIpc) is 3.23. The standard InChI is InChI=1S/C17H15N3O6/c1-2-25-17(22)11-3-5-13(6-4-11)19-10-12(16(21)18-19)9-14-7-8-15(26-14)20(23)24/h3-9H,2,10H2,1H3,(H,18,21)/b12-9+. The molecule has 0 radical (unpaired) electrons. The zero-order valence-electron chi connectivity index (χ0n) is 13.8. The molecule has 1 aliphatic rings. The molecule has 1 fully saturated rings. The van der Waals surface area contributed by atoms with Gasteiger partial charge in [0.25, 0.3) is 5.91 Å². The minimum atomic E-state index is -0.645. The number of esters is 1. The maximum absolute atomic E-state index is 12.1. The van der Waals surface area contributed by atoms with Crippen molar-refractivity contribution in [3.8, 4) is 0 Å². The fourth-order valence-electron chi connectivity index (χ4n) is 2.42. The van der Waals surface area contributed by atoms with E-state index in [0.29, 0.717) is 23.4 Å². The molecule has 0 saturated carbocycles. The third-order valence-corrected chi connectivity index (χ3v) is 3.66. The molecule has 0 aliphatic carbocycles. The van der Waals surface area contributed by atoms with Crippen LogP contribution in [0.15, 0.2) is 46.4 Å². The molecule has 0 bridgehead atoms. The summed E-state index contributed by atoms with van der Waals surface area (Å²) in [6.07, 6.45) is 1.45. The summed E-state index contributed by atoms with van der Waals surface area (Å²) in [5.41, 5.74) is 4.17. The number of nitrogens with one attached hydrogen (secondary N) is 1. The van der Waals surface area contributed by atoms with E-state index in [1.54, 1.807) is 36.2 Å². The molecular weight excluding hydrogens is 342 g/mol. The van der Waals surface area contributed by atoms with Crippen LogP contribution in [0.4, 0.5) is 11.6 Å². The van der Waals surface area contributed by atoms with Crippen molar-refractivity contribution in [3.05, 3.63) is 63.4 Å². The van der Waals surface area contributed by atoms with Crippen molar-refractivity contribution in [1.82, 2.24) is 5.43 Å². The summed E-state index contributed by atoms with van der Waals surface area (Å²) in [6.45, 7) is 2.27. The summed E-state index contributed by atoms with van der Waals surface area (Å²) in [4.78, 5) is 33.7. The highest BCUT2D eigenvalue weighted by Crippen LogP contribution is 2.23. The number of benzene rings is 1. The van der Waals surface area contributed by atoms with Crippen molar-refractivity contribution in [2.75, 3.05) is 18.2 Å². The van der Waals surface area contributed by atoms with Gasteiger partial charge in [0.15, 0.2) is 0 Å². The van der Waals surface area contributed by atoms with E-state index in [1.807, 2.05) is 0 Å². The van der Waals surface area contributed by atoms with Gasteiger partial charge < -0.3 is 9.15 Å². The van der Waals surface area contributed by atoms with Gasteiger partial charge >= 0.3 is 11.9 Å². The lowest BCUT2D eigenvalue weighted by atomic mass is 10.2. The maximum Gasteiger partial charge on any atom is 0.433 e. The fraction of sp³-hybridized carbons (Fsp3) is 0.176. The van der Waals surface area contributed by atoms with Gasteiger partial charge in [-0.1, -0.05) is 0 Å². The van der Waals surface area contributed by atoms with Crippen LogP contribution in [0.25, 0.3) is 6.08 Å². The highest BCUT2D eigenvalue weighted by Gasteiger charge is 2.25. The van der Waals surface area contributed by atoms with E-state index in [4.69, 9.17) is 9.15 Å². The molecule has 2 aromatic rings. The SMILES string of the molecule is CCOC(=O)c1ccc(N2C/C(=C\c3ccc([N+](=O)[O-])o3)C(=O)N2)cc1. The molecule has 9 nitrogen and oxygen atoms in total. The van der Waals surface area contributed by atoms with Gasteiger partial charge in [-0.25, -0.2) is 4.79 Å². The van der Waals surface area contributed by atoms with Crippen molar-refractivity contribution >= 4 is 29.5 Å². The maximum atomic E-state index is 12.1. The Labute approximate surface area is 148 Å². The zero-order valence-corrected chi connectivity index (χ0v) is 13.8. The van der Waals surface area contributed by atoms with Gasteiger partial charge in [0.05, 0.1) is 30.5 Å². The Morgan fingerprint density at radius 3 is 2.69 bits per heavy atom. The Balaban J connectivity index is 1.73. The Morgan fingerprint density at radius 1 is 1.35 bits per heavy atom. The highest BCUT2D eigenvalue weighted by atomic mass is 16.6. The molecule has 1 aromatic carbocycles. The minimum Gasteiger partial charge on any atom is -0.462 e. The van der Waals surface area contributed by atoms with Crippen LogP contribution in [0.1, 0.15) is 23.0 Å². The lowest BCUT2D eigenvalue weighted by Gasteiger charge is -2.16. The molecule has 0 spiro atoms. The second kappa shape index (κ2) is 7.09. The van der Waals surface area contributed by atoms with Crippen molar-refractivity contribution < 1.29 is 23.7 Å². The molecule has 1 amide bonds. The summed E-state index contributed by atoms with van der Waals surface area (Å²) >= 11 is 0. The lowest BCUT2D eigenvalue weighted by molar-refractivity contribution is -0.402. The van der Waals surface area contributed by atoms with E-state index in [1.165, 1.54) is 18.2 Å². The second-order valence-electron chi connectivity index (χ2n) is 5.40. The Kier molecular flexibility index (Phi) is 4.70. The number of hydrogen-bond donors (Lipinski definition) is 1. The molecule has 0 unspecified atom stereocenters. The number of nitro groups is 1. The molecule has 0 atom stereocenters. The number of carbonyl (C=O) groups excluding carboxylic acids is 2. The largest absolute Gasteiger partial charge is 0.462 e. The third kappa shape index (κ3) is 3.56. The van der Waals surface area contributed by atoms with Crippen molar-refractivity contribution in [3.63, 3.8) is 0 Å². The lowest BCUT2D eigenvalue weighted by Crippen LogP contribution is -2.32. The number of nitrogens with zero attached hydrogens (tertiary/aromatic N) is 2. The molecular formula is C17H15N3O6. The van der Waals surface area contributed by atoms with Gasteiger partial charge in [-0.05, 0) is 43.3 Å². The summed E-state index contributed by atoms with van der Waals surface area (Å²) < 4.78 is 9.96. The van der Waals surface area contributed by atoms with Gasteiger partial charge in [-0.2, -0.15) is 0 Å². The van der Waals surface area contributed by atoms with Gasteiger partial charge in [0.2, 0.25) is 0 Å². The highest BCUT2D eigenvalue weighted by molar-refractivity contribution is 6.02. The first-order valence-electron chi connectivity index (χ1n) is 7.78. The molecule has 2 heterocycles. The van der Waals surface area contributed by atoms with Crippen molar-refractivity contribution in [2.45, 2.75) is 6.92 Å². The van der Waals surface area contributed by atoms with E-state index < -0.39 is 10.9 Å². The Hall–Kier alpha value is -3.62. The first kappa shape index (κ1) is 17.2. The third-order valence-electron chi connectivity index (χ3n) is 3.66. The van der Waals surface area contributed by atoms with Crippen LogP contribution in [-0.4, -0.2) is 30.0 Å². The van der Waals surface area contributed by atoms with Crippen molar-refractivity contribution in [1.29, 1.82) is 0 Å². The quantitative estimate of drug-likeness (QED) is 0.378. The van der Waals surface area contributed by atoms with Gasteiger partial charge in [0, 0.05) is 5.57 Å². The zero-order chi connectivity index (χ0) is 18.7. The molecule has 1 N–H and O–H groups in total. The minimum absolute atomic E-state index is 0.223. The monoisotopic (exact) mass is 357 g/mol.